The minimum absolute atomic E-state index is 0.0192. The number of hydrogen-bond acceptors (Lipinski definition) is 3. The van der Waals surface area contributed by atoms with Gasteiger partial charge in [0.1, 0.15) is 0 Å². The summed E-state index contributed by atoms with van der Waals surface area (Å²) in [6.07, 6.45) is 1.43. The normalized spacial score (nSPS) is 24.5. The van der Waals surface area contributed by atoms with Crippen molar-refractivity contribution in [1.29, 1.82) is 5.26 Å². The summed E-state index contributed by atoms with van der Waals surface area (Å²) < 4.78 is 0. The van der Waals surface area contributed by atoms with Crippen LogP contribution < -0.4 is 0 Å². The average Bonchev–Trinajstić information content (AvgIpc) is 2.65. The van der Waals surface area contributed by atoms with Crippen molar-refractivity contribution in [2.24, 2.45) is 0 Å². The molecule has 3 rings (SSSR count). The molecule has 0 saturated carbocycles. The van der Waals surface area contributed by atoms with Crippen LogP contribution in [0.25, 0.3) is 0 Å². The molecule has 1 fully saturated rings. The topological polar surface area (TPSA) is 47.3 Å². The molecule has 0 radical (unpaired) electrons. The Labute approximate surface area is 148 Å². The summed E-state index contributed by atoms with van der Waals surface area (Å²) in [6.45, 7) is 1.61. The Hall–Kier alpha value is -1.86. The molecule has 0 bridgehead atoms. The molecule has 24 heavy (non-hydrogen) atoms. The van der Waals surface area contributed by atoms with Crippen LogP contribution in [0.1, 0.15) is 24.0 Å². The Kier molecular flexibility index (Phi) is 5.20. The van der Waals surface area contributed by atoms with Crippen molar-refractivity contribution >= 4 is 11.6 Å². The molecule has 3 nitrogen and oxygen atoms in total. The Morgan fingerprint density at radius 2 is 1.88 bits per heavy atom. The van der Waals surface area contributed by atoms with Gasteiger partial charge in [-0.25, -0.2) is 0 Å². The molecule has 1 aliphatic rings. The zero-order valence-electron chi connectivity index (χ0n) is 13.5. The van der Waals surface area contributed by atoms with Gasteiger partial charge in [0.05, 0.1) is 18.1 Å². The number of benzene rings is 2. The molecule has 1 saturated heterocycles. The van der Waals surface area contributed by atoms with E-state index in [1.807, 2.05) is 54.6 Å². The van der Waals surface area contributed by atoms with Crippen molar-refractivity contribution in [1.82, 2.24) is 4.90 Å². The molecule has 2 aromatic rings. The predicted octanol–water partition coefficient (Wildman–Crippen LogP) is 3.76. The lowest BCUT2D eigenvalue weighted by molar-refractivity contribution is 0.0600. The molecule has 1 N–H and O–H groups in total. The van der Waals surface area contributed by atoms with E-state index in [1.54, 1.807) is 0 Å². The maximum atomic E-state index is 9.89. The van der Waals surface area contributed by atoms with Crippen molar-refractivity contribution in [3.63, 3.8) is 0 Å². The zero-order valence-corrected chi connectivity index (χ0v) is 14.3. The first kappa shape index (κ1) is 17.0. The molecular weight excluding hydrogens is 320 g/mol. The Balaban J connectivity index is 1.78. The number of aliphatic hydroxyl groups excluding tert-OH is 1. The first-order valence-electron chi connectivity index (χ1n) is 8.23. The highest BCUT2D eigenvalue weighted by Gasteiger charge is 2.41. The smallest absolute Gasteiger partial charge is 0.0850 e. The maximum absolute atomic E-state index is 9.89. The van der Waals surface area contributed by atoms with Gasteiger partial charge in [-0.15, -0.1) is 0 Å². The molecule has 2 atom stereocenters. The lowest BCUT2D eigenvalue weighted by Gasteiger charge is -2.43. The summed E-state index contributed by atoms with van der Waals surface area (Å²) in [5.74, 6) is 0. The molecule has 0 unspecified atom stereocenters. The van der Waals surface area contributed by atoms with Crippen LogP contribution in [0.4, 0.5) is 0 Å². The number of nitriles is 1. The second-order valence-electron chi connectivity index (χ2n) is 6.45. The third kappa shape index (κ3) is 3.47. The SMILES string of the molecule is N#C[C@@]1(c2ccccc2)CCN(Cc2ccc(Cl)cc2)[C@@H](CO)C1. The number of halogens is 1. The van der Waals surface area contributed by atoms with Crippen molar-refractivity contribution in [3.05, 3.63) is 70.7 Å². The van der Waals surface area contributed by atoms with Gasteiger partial charge in [0, 0.05) is 24.2 Å². The van der Waals surface area contributed by atoms with Crippen LogP contribution in [0.5, 0.6) is 0 Å². The molecule has 0 aliphatic carbocycles. The summed E-state index contributed by atoms with van der Waals surface area (Å²) in [6, 6.07) is 20.3. The van der Waals surface area contributed by atoms with Gasteiger partial charge in [-0.05, 0) is 36.1 Å². The first-order chi connectivity index (χ1) is 11.7. The molecule has 4 heteroatoms. The standard InChI is InChI=1S/C20H21ClN2O/c21-18-8-6-16(7-9-18)13-23-11-10-20(15-22,12-19(23)14-24)17-4-2-1-3-5-17/h1-9,19,24H,10-14H2/t19-,20-/m1/s1. The quantitative estimate of drug-likeness (QED) is 0.921. The minimum Gasteiger partial charge on any atom is -0.395 e. The van der Waals surface area contributed by atoms with E-state index >= 15 is 0 Å². The number of likely N-dealkylation sites (tertiary alicyclic amines) is 1. The fraction of sp³-hybridized carbons (Fsp3) is 0.350. The lowest BCUT2D eigenvalue weighted by atomic mass is 9.71. The first-order valence-corrected chi connectivity index (χ1v) is 8.61. The molecular formula is C20H21ClN2O. The summed E-state index contributed by atoms with van der Waals surface area (Å²) in [5.41, 5.74) is 1.71. The van der Waals surface area contributed by atoms with Crippen LogP contribution >= 0.6 is 11.6 Å². The van der Waals surface area contributed by atoms with Crippen LogP contribution in [0.3, 0.4) is 0 Å². The van der Waals surface area contributed by atoms with Crippen molar-refractivity contribution in [2.45, 2.75) is 30.8 Å². The van der Waals surface area contributed by atoms with E-state index in [2.05, 4.69) is 11.0 Å². The largest absolute Gasteiger partial charge is 0.395 e. The number of piperidine rings is 1. The monoisotopic (exact) mass is 340 g/mol. The van der Waals surface area contributed by atoms with Gasteiger partial charge >= 0.3 is 0 Å². The van der Waals surface area contributed by atoms with Crippen LogP contribution in [0.2, 0.25) is 5.02 Å². The highest BCUT2D eigenvalue weighted by molar-refractivity contribution is 6.30. The van der Waals surface area contributed by atoms with Crippen LogP contribution in [-0.2, 0) is 12.0 Å². The third-order valence-electron chi connectivity index (χ3n) is 4.98. The zero-order chi connectivity index (χ0) is 17.0. The van der Waals surface area contributed by atoms with E-state index in [1.165, 1.54) is 5.56 Å². The van der Waals surface area contributed by atoms with Gasteiger partial charge in [0.15, 0.2) is 0 Å². The molecule has 2 aromatic carbocycles. The second kappa shape index (κ2) is 7.36. The fourth-order valence-electron chi connectivity index (χ4n) is 3.55. The van der Waals surface area contributed by atoms with Gasteiger partial charge in [0.2, 0.25) is 0 Å². The molecule has 0 aromatic heterocycles. The van der Waals surface area contributed by atoms with Gasteiger partial charge < -0.3 is 5.11 Å². The highest BCUT2D eigenvalue weighted by atomic mass is 35.5. The number of aliphatic hydroxyl groups is 1. The molecule has 124 valence electrons. The summed E-state index contributed by atoms with van der Waals surface area (Å²) >= 11 is 5.94. The van der Waals surface area contributed by atoms with Crippen molar-refractivity contribution in [2.75, 3.05) is 13.2 Å². The van der Waals surface area contributed by atoms with Crippen LogP contribution in [-0.4, -0.2) is 29.2 Å². The fourth-order valence-corrected chi connectivity index (χ4v) is 3.67. The van der Waals surface area contributed by atoms with E-state index in [0.29, 0.717) is 6.42 Å². The molecule has 0 spiro atoms. The van der Waals surface area contributed by atoms with E-state index < -0.39 is 5.41 Å². The highest BCUT2D eigenvalue weighted by Crippen LogP contribution is 2.38. The van der Waals surface area contributed by atoms with Crippen molar-refractivity contribution in [3.8, 4) is 6.07 Å². The molecule has 1 heterocycles. The molecule has 1 aliphatic heterocycles. The number of rotatable bonds is 4. The number of hydrogen-bond donors (Lipinski definition) is 1. The minimum atomic E-state index is -0.509. The Morgan fingerprint density at radius 3 is 2.50 bits per heavy atom. The lowest BCUT2D eigenvalue weighted by Crippen LogP contribution is -2.49. The van der Waals surface area contributed by atoms with E-state index in [0.717, 1.165) is 30.1 Å². The summed E-state index contributed by atoms with van der Waals surface area (Å²) in [5, 5.41) is 20.5. The number of nitrogens with zero attached hydrogens (tertiary/aromatic N) is 2. The van der Waals surface area contributed by atoms with Gasteiger partial charge in [0.25, 0.3) is 0 Å². The van der Waals surface area contributed by atoms with E-state index in [9.17, 15) is 10.4 Å². The van der Waals surface area contributed by atoms with E-state index in [-0.39, 0.29) is 12.6 Å². The Bertz CT molecular complexity index is 711. The maximum Gasteiger partial charge on any atom is 0.0850 e. The predicted molar refractivity (Wildman–Crippen MR) is 95.7 cm³/mol. The van der Waals surface area contributed by atoms with Crippen molar-refractivity contribution < 1.29 is 5.11 Å². The van der Waals surface area contributed by atoms with Gasteiger partial charge in [-0.1, -0.05) is 54.1 Å². The second-order valence-corrected chi connectivity index (χ2v) is 6.88. The van der Waals surface area contributed by atoms with E-state index in [4.69, 9.17) is 11.6 Å². The van der Waals surface area contributed by atoms with Gasteiger partial charge in [-0.3, -0.25) is 4.90 Å². The Morgan fingerprint density at radius 1 is 1.17 bits per heavy atom. The van der Waals surface area contributed by atoms with Crippen LogP contribution in [0.15, 0.2) is 54.6 Å². The average molecular weight is 341 g/mol. The van der Waals surface area contributed by atoms with Crippen LogP contribution in [0, 0.1) is 11.3 Å². The summed E-state index contributed by atoms with van der Waals surface area (Å²) in [7, 11) is 0. The van der Waals surface area contributed by atoms with Gasteiger partial charge in [-0.2, -0.15) is 5.26 Å². The molecule has 0 amide bonds. The third-order valence-corrected chi connectivity index (χ3v) is 5.23. The summed E-state index contributed by atoms with van der Waals surface area (Å²) in [4.78, 5) is 2.27.